The van der Waals surface area contributed by atoms with Crippen molar-refractivity contribution in [3.8, 4) is 0 Å². The first-order chi connectivity index (χ1) is 8.23. The molecule has 0 saturated heterocycles. The highest BCUT2D eigenvalue weighted by Crippen LogP contribution is 2.10. The number of aliphatic hydroxyl groups is 1. The van der Waals surface area contributed by atoms with Crippen molar-refractivity contribution in [2.45, 2.75) is 38.8 Å². The molecule has 0 spiro atoms. The van der Waals surface area contributed by atoms with E-state index in [0.29, 0.717) is 0 Å². The van der Waals surface area contributed by atoms with Gasteiger partial charge in [-0.1, -0.05) is 0 Å². The number of anilines is 1. The van der Waals surface area contributed by atoms with Crippen molar-refractivity contribution < 1.29 is 13.9 Å². The number of hydrogen-bond acceptors (Lipinski definition) is 4. The van der Waals surface area contributed by atoms with Crippen LogP contribution in [0.15, 0.2) is 17.2 Å². The molecule has 2 N–H and O–H groups in total. The maximum atomic E-state index is 12.1. The van der Waals surface area contributed by atoms with Gasteiger partial charge in [0.1, 0.15) is 6.10 Å². The van der Waals surface area contributed by atoms with Crippen LogP contribution >= 0.6 is 0 Å². The quantitative estimate of drug-likeness (QED) is 0.849. The first-order valence-corrected chi connectivity index (χ1v) is 5.51. The van der Waals surface area contributed by atoms with E-state index in [1.165, 1.54) is 17.0 Å². The molecule has 1 unspecified atom stereocenters. The van der Waals surface area contributed by atoms with Crippen molar-refractivity contribution >= 4 is 5.82 Å². The van der Waals surface area contributed by atoms with Gasteiger partial charge in [0.15, 0.2) is 5.82 Å². The van der Waals surface area contributed by atoms with Crippen LogP contribution in [0, 0.1) is 0 Å². The number of hydrogen-bond donors (Lipinski definition) is 2. The number of rotatable bonds is 4. The first kappa shape index (κ1) is 14.6. The summed E-state index contributed by atoms with van der Waals surface area (Å²) < 4.78 is 25.7. The molecular formula is C11H17F2N3O2. The number of aromatic nitrogens is 2. The smallest absolute Gasteiger partial charge is 0.293 e. The Bertz CT molecular complexity index is 454. The summed E-state index contributed by atoms with van der Waals surface area (Å²) in [7, 11) is 0. The topological polar surface area (TPSA) is 67.2 Å². The molecule has 0 aliphatic carbocycles. The highest BCUT2D eigenvalue weighted by molar-refractivity contribution is 5.31. The summed E-state index contributed by atoms with van der Waals surface area (Å²) in [4.78, 5) is 15.8. The van der Waals surface area contributed by atoms with E-state index < -0.39 is 30.2 Å². The van der Waals surface area contributed by atoms with Gasteiger partial charge in [0.2, 0.25) is 0 Å². The van der Waals surface area contributed by atoms with Crippen LogP contribution in [0.5, 0.6) is 0 Å². The number of halogens is 2. The molecule has 102 valence electrons. The van der Waals surface area contributed by atoms with Gasteiger partial charge in [-0.05, 0) is 20.8 Å². The molecule has 0 fully saturated rings. The molecule has 1 aromatic heterocycles. The van der Waals surface area contributed by atoms with Crippen LogP contribution in [-0.2, 0) is 5.54 Å². The van der Waals surface area contributed by atoms with Crippen LogP contribution < -0.4 is 10.9 Å². The van der Waals surface area contributed by atoms with Gasteiger partial charge in [0, 0.05) is 24.5 Å². The zero-order valence-corrected chi connectivity index (χ0v) is 10.5. The molecule has 18 heavy (non-hydrogen) atoms. The molecule has 1 heterocycles. The van der Waals surface area contributed by atoms with Crippen molar-refractivity contribution in [2.24, 2.45) is 0 Å². The monoisotopic (exact) mass is 261 g/mol. The third-order valence-corrected chi connectivity index (χ3v) is 2.33. The second kappa shape index (κ2) is 5.43. The average Bonchev–Trinajstić information content (AvgIpc) is 2.25. The molecule has 0 radical (unpaired) electrons. The van der Waals surface area contributed by atoms with Gasteiger partial charge in [-0.15, -0.1) is 0 Å². The van der Waals surface area contributed by atoms with E-state index >= 15 is 0 Å². The number of nitrogens with zero attached hydrogens (tertiary/aromatic N) is 2. The van der Waals surface area contributed by atoms with Crippen LogP contribution in [0.25, 0.3) is 0 Å². The molecule has 1 aromatic rings. The van der Waals surface area contributed by atoms with Crippen LogP contribution in [0.2, 0.25) is 0 Å². The average molecular weight is 261 g/mol. The molecule has 0 amide bonds. The van der Waals surface area contributed by atoms with E-state index in [0.717, 1.165) is 0 Å². The summed E-state index contributed by atoms with van der Waals surface area (Å²) in [6.07, 6.45) is -1.75. The Balaban J connectivity index is 2.89. The van der Waals surface area contributed by atoms with E-state index in [-0.39, 0.29) is 5.82 Å². The minimum absolute atomic E-state index is 0.0490. The molecule has 5 nitrogen and oxygen atoms in total. The van der Waals surface area contributed by atoms with E-state index in [1.54, 1.807) is 0 Å². The van der Waals surface area contributed by atoms with Gasteiger partial charge in [-0.3, -0.25) is 4.79 Å². The Kier molecular flexibility index (Phi) is 4.39. The summed E-state index contributed by atoms with van der Waals surface area (Å²) in [6, 6.07) is 0. The van der Waals surface area contributed by atoms with Crippen LogP contribution in [0.4, 0.5) is 14.6 Å². The SMILES string of the molecule is CC(C)(C)n1ccnc(NCC(O)C(F)F)c1=O. The van der Waals surface area contributed by atoms with E-state index in [4.69, 9.17) is 5.11 Å². The minimum atomic E-state index is -2.86. The van der Waals surface area contributed by atoms with Gasteiger partial charge >= 0.3 is 0 Å². The molecular weight excluding hydrogens is 244 g/mol. The van der Waals surface area contributed by atoms with Gasteiger partial charge in [-0.2, -0.15) is 0 Å². The molecule has 0 aromatic carbocycles. The second-order valence-corrected chi connectivity index (χ2v) is 4.90. The standard InChI is InChI=1S/C11H17F2N3O2/c1-11(2,3)16-5-4-14-9(10(16)18)15-6-7(17)8(12)13/h4-5,7-8,17H,6H2,1-3H3,(H,14,15). The highest BCUT2D eigenvalue weighted by Gasteiger charge is 2.19. The molecule has 0 aliphatic rings. The molecule has 0 bridgehead atoms. The fourth-order valence-corrected chi connectivity index (χ4v) is 1.35. The lowest BCUT2D eigenvalue weighted by Gasteiger charge is -2.22. The summed E-state index contributed by atoms with van der Waals surface area (Å²) in [5, 5.41) is 11.4. The van der Waals surface area contributed by atoms with Crippen molar-refractivity contribution in [3.05, 3.63) is 22.7 Å². The largest absolute Gasteiger partial charge is 0.385 e. The van der Waals surface area contributed by atoms with E-state index in [1.807, 2.05) is 20.8 Å². The summed E-state index contributed by atoms with van der Waals surface area (Å²) in [6.45, 7) is 5.10. The predicted octanol–water partition coefficient (Wildman–Crippen LogP) is 1.04. The number of alkyl halides is 2. The Morgan fingerprint density at radius 2 is 2.11 bits per heavy atom. The van der Waals surface area contributed by atoms with Gasteiger partial charge < -0.3 is 15.0 Å². The lowest BCUT2D eigenvalue weighted by Crippen LogP contribution is -2.36. The lowest BCUT2D eigenvalue weighted by atomic mass is 10.1. The van der Waals surface area contributed by atoms with Crippen molar-refractivity contribution in [2.75, 3.05) is 11.9 Å². The van der Waals surface area contributed by atoms with Gasteiger partial charge in [0.25, 0.3) is 12.0 Å². The second-order valence-electron chi connectivity index (χ2n) is 4.90. The summed E-state index contributed by atoms with van der Waals surface area (Å²) in [5.74, 6) is -0.0490. The maximum Gasteiger partial charge on any atom is 0.293 e. The van der Waals surface area contributed by atoms with E-state index in [2.05, 4.69) is 10.3 Å². The summed E-state index contributed by atoms with van der Waals surface area (Å²) >= 11 is 0. The predicted molar refractivity (Wildman–Crippen MR) is 64.0 cm³/mol. The molecule has 1 rings (SSSR count). The minimum Gasteiger partial charge on any atom is -0.385 e. The fraction of sp³-hybridized carbons (Fsp3) is 0.636. The lowest BCUT2D eigenvalue weighted by molar-refractivity contribution is 0.00378. The zero-order chi connectivity index (χ0) is 13.9. The third kappa shape index (κ3) is 3.49. The van der Waals surface area contributed by atoms with E-state index in [9.17, 15) is 13.6 Å². The number of nitrogens with one attached hydrogen (secondary N) is 1. The Morgan fingerprint density at radius 1 is 1.50 bits per heavy atom. The van der Waals surface area contributed by atoms with Crippen LogP contribution in [0.1, 0.15) is 20.8 Å². The van der Waals surface area contributed by atoms with Crippen molar-refractivity contribution in [3.63, 3.8) is 0 Å². The summed E-state index contributed by atoms with van der Waals surface area (Å²) in [5.41, 5.74) is -0.843. The van der Waals surface area contributed by atoms with Crippen molar-refractivity contribution in [1.29, 1.82) is 0 Å². The van der Waals surface area contributed by atoms with Gasteiger partial charge in [-0.25, -0.2) is 13.8 Å². The Hall–Kier alpha value is -1.50. The normalized spacial score (nSPS) is 13.7. The molecule has 0 aliphatic heterocycles. The highest BCUT2D eigenvalue weighted by atomic mass is 19.3. The first-order valence-electron chi connectivity index (χ1n) is 5.51. The molecule has 7 heteroatoms. The molecule has 0 saturated carbocycles. The Labute approximate surface area is 103 Å². The Morgan fingerprint density at radius 3 is 2.61 bits per heavy atom. The van der Waals surface area contributed by atoms with Gasteiger partial charge in [0.05, 0.1) is 0 Å². The van der Waals surface area contributed by atoms with Crippen LogP contribution in [0.3, 0.4) is 0 Å². The fourth-order valence-electron chi connectivity index (χ4n) is 1.35. The van der Waals surface area contributed by atoms with Crippen LogP contribution in [-0.4, -0.2) is 33.7 Å². The number of aliphatic hydroxyl groups excluding tert-OH is 1. The molecule has 1 atom stereocenters. The maximum absolute atomic E-state index is 12.1. The third-order valence-electron chi connectivity index (χ3n) is 2.33. The van der Waals surface area contributed by atoms with Crippen molar-refractivity contribution in [1.82, 2.24) is 9.55 Å². The zero-order valence-electron chi connectivity index (χ0n) is 10.5.